The Bertz CT molecular complexity index is 321. The predicted octanol–water partition coefficient (Wildman–Crippen LogP) is 2.77. The molecule has 18 heavy (non-hydrogen) atoms. The van der Waals surface area contributed by atoms with E-state index in [1.165, 1.54) is 19.3 Å². The van der Waals surface area contributed by atoms with Crippen LogP contribution in [0.4, 0.5) is 0 Å². The fourth-order valence-corrected chi connectivity index (χ4v) is 2.41. The van der Waals surface area contributed by atoms with Crippen molar-refractivity contribution in [2.75, 3.05) is 0 Å². The van der Waals surface area contributed by atoms with Gasteiger partial charge in [-0.2, -0.15) is 5.10 Å². The van der Waals surface area contributed by atoms with E-state index in [2.05, 4.69) is 30.9 Å². The van der Waals surface area contributed by atoms with E-state index in [0.29, 0.717) is 5.92 Å². The Balaban J connectivity index is 2.55. The van der Waals surface area contributed by atoms with E-state index in [0.717, 1.165) is 31.6 Å². The van der Waals surface area contributed by atoms with Crippen LogP contribution in [0.3, 0.4) is 0 Å². The van der Waals surface area contributed by atoms with Gasteiger partial charge in [-0.3, -0.25) is 4.68 Å². The second kappa shape index (κ2) is 8.25. The van der Waals surface area contributed by atoms with Crippen LogP contribution in [0.15, 0.2) is 6.33 Å². The van der Waals surface area contributed by atoms with Gasteiger partial charge in [-0.25, -0.2) is 4.98 Å². The zero-order chi connectivity index (χ0) is 13.4. The first-order chi connectivity index (χ1) is 8.72. The van der Waals surface area contributed by atoms with Crippen LogP contribution in [0.2, 0.25) is 0 Å². The van der Waals surface area contributed by atoms with Gasteiger partial charge in [0.25, 0.3) is 0 Å². The largest absolute Gasteiger partial charge is 0.327 e. The summed E-state index contributed by atoms with van der Waals surface area (Å²) < 4.78 is 1.99. The lowest BCUT2D eigenvalue weighted by Crippen LogP contribution is -2.33. The van der Waals surface area contributed by atoms with E-state index < -0.39 is 0 Å². The highest BCUT2D eigenvalue weighted by Gasteiger charge is 2.18. The molecule has 0 aromatic carbocycles. The van der Waals surface area contributed by atoms with E-state index >= 15 is 0 Å². The van der Waals surface area contributed by atoms with Crippen LogP contribution in [0.1, 0.15) is 58.7 Å². The van der Waals surface area contributed by atoms with E-state index in [-0.39, 0.29) is 6.04 Å². The third-order valence-electron chi connectivity index (χ3n) is 3.61. The number of nitrogens with zero attached hydrogens (tertiary/aromatic N) is 3. The summed E-state index contributed by atoms with van der Waals surface area (Å²) in [4.78, 5) is 4.34. The van der Waals surface area contributed by atoms with Crippen molar-refractivity contribution in [1.82, 2.24) is 14.8 Å². The Morgan fingerprint density at radius 2 is 2.06 bits per heavy atom. The van der Waals surface area contributed by atoms with E-state index in [1.807, 2.05) is 4.68 Å². The second-order valence-electron chi connectivity index (χ2n) is 5.08. The van der Waals surface area contributed by atoms with Gasteiger partial charge in [0.05, 0.1) is 0 Å². The monoisotopic (exact) mass is 252 g/mol. The Hall–Kier alpha value is -0.900. The summed E-state index contributed by atoms with van der Waals surface area (Å²) in [6.07, 6.45) is 8.48. The molecule has 104 valence electrons. The van der Waals surface area contributed by atoms with Gasteiger partial charge in [0.15, 0.2) is 0 Å². The van der Waals surface area contributed by atoms with Crippen LogP contribution in [-0.4, -0.2) is 20.8 Å². The zero-order valence-corrected chi connectivity index (χ0v) is 12.1. The highest BCUT2D eigenvalue weighted by Crippen LogP contribution is 2.18. The van der Waals surface area contributed by atoms with Crippen LogP contribution in [-0.2, 0) is 13.0 Å². The number of nitrogens with two attached hydrogens (primary N) is 1. The second-order valence-corrected chi connectivity index (χ2v) is 5.08. The SMILES string of the molecule is CCCCC(CC)C(N)Cc1ncnn1CCC. The standard InChI is InChI=1S/C14H28N4/c1-4-7-8-12(6-3)13(15)10-14-16-11-17-18(14)9-5-2/h11-13H,4-10,15H2,1-3H3. The molecule has 0 bridgehead atoms. The molecular formula is C14H28N4. The summed E-state index contributed by atoms with van der Waals surface area (Å²) in [6, 6.07) is 0.210. The predicted molar refractivity (Wildman–Crippen MR) is 75.3 cm³/mol. The minimum Gasteiger partial charge on any atom is -0.327 e. The summed E-state index contributed by atoms with van der Waals surface area (Å²) in [5, 5.41) is 4.26. The molecule has 0 fully saturated rings. The van der Waals surface area contributed by atoms with Gasteiger partial charge >= 0.3 is 0 Å². The maximum Gasteiger partial charge on any atom is 0.138 e. The first-order valence-electron chi connectivity index (χ1n) is 7.35. The van der Waals surface area contributed by atoms with Crippen molar-refractivity contribution in [1.29, 1.82) is 0 Å². The van der Waals surface area contributed by atoms with Gasteiger partial charge in [-0.15, -0.1) is 0 Å². The summed E-state index contributed by atoms with van der Waals surface area (Å²) in [5.74, 6) is 1.65. The average molecular weight is 252 g/mol. The molecule has 0 aliphatic rings. The van der Waals surface area contributed by atoms with Crippen LogP contribution in [0.25, 0.3) is 0 Å². The molecule has 4 heteroatoms. The van der Waals surface area contributed by atoms with E-state index in [4.69, 9.17) is 5.73 Å². The molecule has 0 radical (unpaired) electrons. The zero-order valence-electron chi connectivity index (χ0n) is 12.1. The van der Waals surface area contributed by atoms with Crippen molar-refractivity contribution >= 4 is 0 Å². The first kappa shape index (κ1) is 15.2. The lowest BCUT2D eigenvalue weighted by molar-refractivity contribution is 0.360. The van der Waals surface area contributed by atoms with Gasteiger partial charge in [-0.1, -0.05) is 40.0 Å². The molecule has 0 saturated heterocycles. The van der Waals surface area contributed by atoms with Gasteiger partial charge in [-0.05, 0) is 18.8 Å². The fraction of sp³-hybridized carbons (Fsp3) is 0.857. The maximum atomic E-state index is 6.34. The molecule has 1 aromatic heterocycles. The lowest BCUT2D eigenvalue weighted by Gasteiger charge is -2.22. The molecule has 4 nitrogen and oxygen atoms in total. The number of hydrogen-bond donors (Lipinski definition) is 1. The van der Waals surface area contributed by atoms with Gasteiger partial charge in [0.2, 0.25) is 0 Å². The lowest BCUT2D eigenvalue weighted by atomic mass is 9.90. The molecule has 1 aromatic rings. The summed E-state index contributed by atoms with van der Waals surface area (Å²) in [6.45, 7) is 7.56. The van der Waals surface area contributed by atoms with Crippen LogP contribution < -0.4 is 5.73 Å². The topological polar surface area (TPSA) is 56.7 Å². The van der Waals surface area contributed by atoms with Crippen molar-refractivity contribution in [3.63, 3.8) is 0 Å². The Morgan fingerprint density at radius 3 is 2.67 bits per heavy atom. The molecule has 1 heterocycles. The number of aryl methyl sites for hydroxylation is 1. The normalized spacial score (nSPS) is 14.7. The quantitative estimate of drug-likeness (QED) is 0.735. The molecular weight excluding hydrogens is 224 g/mol. The van der Waals surface area contributed by atoms with Crippen LogP contribution >= 0.6 is 0 Å². The number of rotatable bonds is 9. The van der Waals surface area contributed by atoms with Crippen molar-refractivity contribution in [3.8, 4) is 0 Å². The summed E-state index contributed by atoms with van der Waals surface area (Å²) in [5.41, 5.74) is 6.34. The van der Waals surface area contributed by atoms with Crippen molar-refractivity contribution in [3.05, 3.63) is 12.2 Å². The van der Waals surface area contributed by atoms with Gasteiger partial charge < -0.3 is 5.73 Å². The Labute approximate surface area is 111 Å². The number of aromatic nitrogens is 3. The first-order valence-corrected chi connectivity index (χ1v) is 7.35. The van der Waals surface area contributed by atoms with E-state index in [9.17, 15) is 0 Å². The molecule has 0 aliphatic heterocycles. The smallest absolute Gasteiger partial charge is 0.138 e. The van der Waals surface area contributed by atoms with Gasteiger partial charge in [0, 0.05) is 19.0 Å². The summed E-state index contributed by atoms with van der Waals surface area (Å²) >= 11 is 0. The number of unbranched alkanes of at least 4 members (excludes halogenated alkanes) is 1. The molecule has 0 saturated carbocycles. The highest BCUT2D eigenvalue weighted by molar-refractivity contribution is 4.91. The van der Waals surface area contributed by atoms with Crippen molar-refractivity contribution < 1.29 is 0 Å². The molecule has 0 aliphatic carbocycles. The van der Waals surface area contributed by atoms with Crippen LogP contribution in [0, 0.1) is 5.92 Å². The molecule has 0 amide bonds. The fourth-order valence-electron chi connectivity index (χ4n) is 2.41. The molecule has 0 spiro atoms. The molecule has 2 atom stereocenters. The Kier molecular flexibility index (Phi) is 6.94. The van der Waals surface area contributed by atoms with Crippen molar-refractivity contribution in [2.24, 2.45) is 11.7 Å². The maximum absolute atomic E-state index is 6.34. The third kappa shape index (κ3) is 4.41. The van der Waals surface area contributed by atoms with E-state index in [1.54, 1.807) is 6.33 Å². The minimum absolute atomic E-state index is 0.210. The minimum atomic E-state index is 0.210. The highest BCUT2D eigenvalue weighted by atomic mass is 15.3. The molecule has 1 rings (SSSR count). The third-order valence-corrected chi connectivity index (χ3v) is 3.61. The summed E-state index contributed by atoms with van der Waals surface area (Å²) in [7, 11) is 0. The van der Waals surface area contributed by atoms with Crippen LogP contribution in [0.5, 0.6) is 0 Å². The Morgan fingerprint density at radius 1 is 1.28 bits per heavy atom. The van der Waals surface area contributed by atoms with Crippen molar-refractivity contribution in [2.45, 2.75) is 71.9 Å². The number of hydrogen-bond acceptors (Lipinski definition) is 3. The van der Waals surface area contributed by atoms with Gasteiger partial charge in [0.1, 0.15) is 12.2 Å². The molecule has 2 unspecified atom stereocenters. The average Bonchev–Trinajstić information content (AvgIpc) is 2.78. The molecule has 2 N–H and O–H groups in total.